The van der Waals surface area contributed by atoms with E-state index in [4.69, 9.17) is 0 Å². The Morgan fingerprint density at radius 3 is 2.39 bits per heavy atom. The highest BCUT2D eigenvalue weighted by Gasteiger charge is 2.26. The number of carbonyl (C=O) groups is 2. The molecule has 3 rings (SSSR count). The van der Waals surface area contributed by atoms with Gasteiger partial charge >= 0.3 is 6.03 Å². The molecule has 0 spiro atoms. The number of hydrogen-bond acceptors (Lipinski definition) is 5. The number of rotatable bonds is 5. The molecule has 0 aliphatic heterocycles. The highest BCUT2D eigenvalue weighted by molar-refractivity contribution is 8.00. The molecule has 0 bridgehead atoms. The molecule has 0 aliphatic carbocycles. The summed E-state index contributed by atoms with van der Waals surface area (Å²) >= 11 is 1.25. The number of thioether (sulfide) groups is 1. The summed E-state index contributed by atoms with van der Waals surface area (Å²) in [6.45, 7) is 2.01. The molecule has 28 heavy (non-hydrogen) atoms. The maximum absolute atomic E-state index is 12.7. The van der Waals surface area contributed by atoms with Gasteiger partial charge in [0.2, 0.25) is 5.91 Å². The monoisotopic (exact) mass is 395 g/mol. The van der Waals surface area contributed by atoms with Crippen LogP contribution in [0.3, 0.4) is 0 Å². The largest absolute Gasteiger partial charge is 0.341 e. The van der Waals surface area contributed by atoms with Crippen LogP contribution in [-0.4, -0.2) is 33.8 Å². The van der Waals surface area contributed by atoms with Crippen LogP contribution in [0.15, 0.2) is 59.8 Å². The van der Waals surface area contributed by atoms with Crippen LogP contribution in [0.1, 0.15) is 16.4 Å². The lowest BCUT2D eigenvalue weighted by Gasteiger charge is -2.16. The number of aryl methyl sites for hydroxylation is 1. The molecule has 3 amide bonds. The van der Waals surface area contributed by atoms with Gasteiger partial charge in [-0.15, -0.1) is 10.2 Å². The minimum atomic E-state index is -0.647. The molecule has 144 valence electrons. The summed E-state index contributed by atoms with van der Waals surface area (Å²) < 4.78 is 1.86. The molecule has 0 unspecified atom stereocenters. The minimum Gasteiger partial charge on any atom is -0.341 e. The second kappa shape index (κ2) is 8.71. The lowest BCUT2D eigenvalue weighted by Crippen LogP contribution is -2.39. The molecule has 1 atom stereocenters. The molecular weight excluding hydrogens is 374 g/mol. The third kappa shape index (κ3) is 4.23. The Labute approximate surface area is 167 Å². The van der Waals surface area contributed by atoms with Crippen LogP contribution in [0, 0.1) is 6.92 Å². The van der Waals surface area contributed by atoms with Crippen LogP contribution < -0.4 is 10.6 Å². The van der Waals surface area contributed by atoms with E-state index in [0.717, 1.165) is 22.5 Å². The number of urea groups is 1. The number of carbonyl (C=O) groups excluding carboxylic acids is 2. The summed E-state index contributed by atoms with van der Waals surface area (Å²) in [7, 11) is 3.33. The van der Waals surface area contributed by atoms with E-state index in [1.54, 1.807) is 0 Å². The Morgan fingerprint density at radius 2 is 1.71 bits per heavy atom. The first kappa shape index (κ1) is 19.6. The van der Waals surface area contributed by atoms with Crippen molar-refractivity contribution >= 4 is 23.7 Å². The maximum Gasteiger partial charge on any atom is 0.321 e. The van der Waals surface area contributed by atoms with Crippen molar-refractivity contribution in [3.63, 3.8) is 0 Å². The Hall–Kier alpha value is -3.13. The molecule has 1 aromatic heterocycles. The minimum absolute atomic E-state index is 0.420. The summed E-state index contributed by atoms with van der Waals surface area (Å²) in [5.41, 5.74) is 2.84. The lowest BCUT2D eigenvalue weighted by atomic mass is 10.1. The summed E-state index contributed by atoms with van der Waals surface area (Å²) in [5, 5.41) is 13.3. The van der Waals surface area contributed by atoms with Gasteiger partial charge in [0.1, 0.15) is 5.25 Å². The van der Waals surface area contributed by atoms with Crippen LogP contribution in [0.2, 0.25) is 0 Å². The second-order valence-electron chi connectivity index (χ2n) is 6.16. The standard InChI is InChI=1S/C20H21N5O2S/c1-13-9-7-8-12-15(13)17-23-24-20(25(17)3)28-16(14-10-5-4-6-11-14)18(26)22-19(27)21-2/h4-12,16H,1-3H3,(H2,21,22,26,27)/t16-/m1/s1. The van der Waals surface area contributed by atoms with Crippen LogP contribution >= 0.6 is 11.8 Å². The predicted octanol–water partition coefficient (Wildman–Crippen LogP) is 3.08. The maximum atomic E-state index is 12.7. The molecule has 2 N–H and O–H groups in total. The highest BCUT2D eigenvalue weighted by atomic mass is 32.2. The quantitative estimate of drug-likeness (QED) is 0.648. The predicted molar refractivity (Wildman–Crippen MR) is 109 cm³/mol. The topological polar surface area (TPSA) is 88.9 Å². The van der Waals surface area contributed by atoms with Gasteiger partial charge in [0.25, 0.3) is 0 Å². The van der Waals surface area contributed by atoms with E-state index in [2.05, 4.69) is 20.8 Å². The first-order valence-electron chi connectivity index (χ1n) is 8.71. The van der Waals surface area contributed by atoms with Gasteiger partial charge in [-0.3, -0.25) is 10.1 Å². The fourth-order valence-corrected chi connectivity index (χ4v) is 3.72. The number of nitrogens with zero attached hydrogens (tertiary/aromatic N) is 3. The summed E-state index contributed by atoms with van der Waals surface area (Å²) in [6, 6.07) is 16.6. The van der Waals surface area contributed by atoms with Crippen molar-refractivity contribution in [2.45, 2.75) is 17.3 Å². The van der Waals surface area contributed by atoms with Gasteiger partial charge in [0.15, 0.2) is 11.0 Å². The van der Waals surface area contributed by atoms with Crippen molar-refractivity contribution < 1.29 is 9.59 Å². The van der Waals surface area contributed by atoms with E-state index in [9.17, 15) is 9.59 Å². The fourth-order valence-electron chi connectivity index (χ4n) is 2.72. The van der Waals surface area contributed by atoms with Crippen molar-refractivity contribution in [1.29, 1.82) is 0 Å². The van der Waals surface area contributed by atoms with E-state index >= 15 is 0 Å². The first-order chi connectivity index (χ1) is 13.5. The number of nitrogens with one attached hydrogen (secondary N) is 2. The fraction of sp³-hybridized carbons (Fsp3) is 0.200. The van der Waals surface area contributed by atoms with Crippen molar-refractivity contribution in [2.24, 2.45) is 7.05 Å². The Kier molecular flexibility index (Phi) is 6.10. The van der Waals surface area contributed by atoms with E-state index in [0.29, 0.717) is 5.16 Å². The van der Waals surface area contributed by atoms with Crippen LogP contribution in [0.4, 0.5) is 4.79 Å². The van der Waals surface area contributed by atoms with E-state index in [1.165, 1.54) is 18.8 Å². The van der Waals surface area contributed by atoms with Gasteiger partial charge in [0, 0.05) is 19.7 Å². The zero-order chi connectivity index (χ0) is 20.1. The molecule has 8 heteroatoms. The Morgan fingerprint density at radius 1 is 1.04 bits per heavy atom. The molecule has 7 nitrogen and oxygen atoms in total. The van der Waals surface area contributed by atoms with Crippen molar-refractivity contribution in [3.8, 4) is 11.4 Å². The molecule has 0 fully saturated rings. The normalized spacial score (nSPS) is 11.7. The average molecular weight is 395 g/mol. The molecule has 0 radical (unpaired) electrons. The number of amides is 3. The van der Waals surface area contributed by atoms with Gasteiger partial charge in [-0.25, -0.2) is 4.79 Å². The SMILES string of the molecule is CNC(=O)NC(=O)[C@H](Sc1nnc(-c2ccccc2C)n1C)c1ccccc1. The summed E-state index contributed by atoms with van der Waals surface area (Å²) in [4.78, 5) is 24.3. The summed E-state index contributed by atoms with van der Waals surface area (Å²) in [6.07, 6.45) is 0. The van der Waals surface area contributed by atoms with Crippen molar-refractivity contribution in [3.05, 3.63) is 65.7 Å². The Balaban J connectivity index is 1.92. The van der Waals surface area contributed by atoms with Crippen LogP contribution in [0.25, 0.3) is 11.4 Å². The Bertz CT molecular complexity index is 987. The zero-order valence-electron chi connectivity index (χ0n) is 15.8. The van der Waals surface area contributed by atoms with E-state index in [-0.39, 0.29) is 0 Å². The molecule has 2 aromatic carbocycles. The third-order valence-electron chi connectivity index (χ3n) is 4.25. The molecule has 1 heterocycles. The number of imide groups is 1. The summed E-state index contributed by atoms with van der Waals surface area (Å²) in [5.74, 6) is 0.301. The van der Waals surface area contributed by atoms with Crippen molar-refractivity contribution in [1.82, 2.24) is 25.4 Å². The number of aromatic nitrogens is 3. The van der Waals surface area contributed by atoms with E-state index in [1.807, 2.05) is 73.1 Å². The molecule has 0 saturated heterocycles. The van der Waals surface area contributed by atoms with E-state index < -0.39 is 17.2 Å². The van der Waals surface area contributed by atoms with Crippen LogP contribution in [0.5, 0.6) is 0 Å². The second-order valence-corrected chi connectivity index (χ2v) is 7.23. The lowest BCUT2D eigenvalue weighted by molar-refractivity contribution is -0.119. The average Bonchev–Trinajstić information content (AvgIpc) is 3.07. The highest BCUT2D eigenvalue weighted by Crippen LogP contribution is 2.35. The smallest absolute Gasteiger partial charge is 0.321 e. The number of hydrogen-bond donors (Lipinski definition) is 2. The molecule has 0 saturated carbocycles. The molecule has 0 aliphatic rings. The van der Waals surface area contributed by atoms with Crippen molar-refractivity contribution in [2.75, 3.05) is 7.05 Å². The van der Waals surface area contributed by atoms with Gasteiger partial charge in [0.05, 0.1) is 0 Å². The molecular formula is C20H21N5O2S. The van der Waals surface area contributed by atoms with Gasteiger partial charge in [-0.2, -0.15) is 0 Å². The van der Waals surface area contributed by atoms with Gasteiger partial charge in [-0.05, 0) is 18.1 Å². The van der Waals surface area contributed by atoms with Crippen LogP contribution in [-0.2, 0) is 11.8 Å². The number of benzene rings is 2. The first-order valence-corrected chi connectivity index (χ1v) is 9.58. The molecule has 3 aromatic rings. The third-order valence-corrected chi connectivity index (χ3v) is 5.54. The zero-order valence-corrected chi connectivity index (χ0v) is 16.7. The van der Waals surface area contributed by atoms with Gasteiger partial charge < -0.3 is 9.88 Å². The van der Waals surface area contributed by atoms with Gasteiger partial charge in [-0.1, -0.05) is 66.4 Å².